The minimum absolute atomic E-state index is 0.212. The Bertz CT molecular complexity index is 1020. The van der Waals surface area contributed by atoms with Gasteiger partial charge < -0.3 is 4.57 Å². The van der Waals surface area contributed by atoms with Gasteiger partial charge in [0.1, 0.15) is 5.82 Å². The van der Waals surface area contributed by atoms with Crippen LogP contribution in [0.15, 0.2) is 42.7 Å². The number of hydrogen-bond acceptors (Lipinski definition) is 4. The summed E-state index contributed by atoms with van der Waals surface area (Å²) >= 11 is 0. The van der Waals surface area contributed by atoms with Crippen LogP contribution in [0, 0.1) is 13.8 Å². The Morgan fingerprint density at radius 2 is 1.85 bits per heavy atom. The summed E-state index contributed by atoms with van der Waals surface area (Å²) in [5.74, 6) is 2.07. The summed E-state index contributed by atoms with van der Waals surface area (Å²) in [5.41, 5.74) is 4.83. The number of benzene rings is 1. The molecule has 0 amide bonds. The van der Waals surface area contributed by atoms with Crippen molar-refractivity contribution in [3.63, 3.8) is 0 Å². The maximum absolute atomic E-state index is 4.85. The molecule has 0 saturated heterocycles. The Kier molecular flexibility index (Phi) is 4.03. The highest BCUT2D eigenvalue weighted by Crippen LogP contribution is 2.24. The van der Waals surface area contributed by atoms with E-state index in [9.17, 15) is 0 Å². The molecule has 0 unspecified atom stereocenters. The van der Waals surface area contributed by atoms with Crippen molar-refractivity contribution in [2.75, 3.05) is 0 Å². The second kappa shape index (κ2) is 6.37. The van der Waals surface area contributed by atoms with Crippen molar-refractivity contribution in [1.82, 2.24) is 29.1 Å². The highest BCUT2D eigenvalue weighted by molar-refractivity contribution is 5.58. The lowest BCUT2D eigenvalue weighted by Gasteiger charge is -2.08. The van der Waals surface area contributed by atoms with Gasteiger partial charge in [-0.05, 0) is 13.8 Å². The lowest BCUT2D eigenvalue weighted by Crippen LogP contribution is -2.07. The maximum Gasteiger partial charge on any atom is 0.177 e. The van der Waals surface area contributed by atoms with E-state index in [0.29, 0.717) is 0 Å². The standard InChI is InChI=1S/C20H22N6/c1-13(10-18-23-20-15(3)21-11-14(2)26(20)24-18)19-22-17(12-25(19)4)16-8-6-5-7-9-16/h5-9,11-13H,10H2,1-4H3/t13-/m0/s1. The Morgan fingerprint density at radius 1 is 1.08 bits per heavy atom. The number of hydrogen-bond donors (Lipinski definition) is 0. The fourth-order valence-corrected chi connectivity index (χ4v) is 3.28. The van der Waals surface area contributed by atoms with Crippen LogP contribution in [0.5, 0.6) is 0 Å². The van der Waals surface area contributed by atoms with Crippen LogP contribution < -0.4 is 0 Å². The minimum atomic E-state index is 0.212. The first-order valence-corrected chi connectivity index (χ1v) is 8.79. The van der Waals surface area contributed by atoms with E-state index in [4.69, 9.17) is 4.98 Å². The molecule has 132 valence electrons. The Hall–Kier alpha value is -3.02. The smallest absolute Gasteiger partial charge is 0.177 e. The van der Waals surface area contributed by atoms with Gasteiger partial charge in [0.15, 0.2) is 11.5 Å². The predicted octanol–water partition coefficient (Wildman–Crippen LogP) is 3.49. The van der Waals surface area contributed by atoms with Crippen LogP contribution in [0.4, 0.5) is 0 Å². The lowest BCUT2D eigenvalue weighted by atomic mass is 10.1. The number of nitrogens with zero attached hydrogens (tertiary/aromatic N) is 6. The van der Waals surface area contributed by atoms with Crippen molar-refractivity contribution in [1.29, 1.82) is 0 Å². The minimum Gasteiger partial charge on any atom is -0.337 e. The monoisotopic (exact) mass is 346 g/mol. The van der Waals surface area contributed by atoms with Crippen molar-refractivity contribution in [3.05, 3.63) is 65.8 Å². The van der Waals surface area contributed by atoms with Gasteiger partial charge in [0.2, 0.25) is 0 Å². The summed E-state index contributed by atoms with van der Waals surface area (Å²) in [6, 6.07) is 10.3. The van der Waals surface area contributed by atoms with E-state index in [1.54, 1.807) is 0 Å². The van der Waals surface area contributed by atoms with E-state index in [1.807, 2.05) is 49.8 Å². The molecule has 6 nitrogen and oxygen atoms in total. The van der Waals surface area contributed by atoms with Gasteiger partial charge in [0.05, 0.1) is 17.1 Å². The van der Waals surface area contributed by atoms with Gasteiger partial charge >= 0.3 is 0 Å². The molecule has 1 aromatic carbocycles. The number of aryl methyl sites for hydroxylation is 3. The van der Waals surface area contributed by atoms with Gasteiger partial charge in [-0.1, -0.05) is 37.3 Å². The number of fused-ring (bicyclic) bond motifs is 1. The van der Waals surface area contributed by atoms with Crippen LogP contribution in [0.25, 0.3) is 16.9 Å². The molecule has 0 aliphatic carbocycles. The van der Waals surface area contributed by atoms with E-state index in [0.717, 1.165) is 46.4 Å². The molecular weight excluding hydrogens is 324 g/mol. The van der Waals surface area contributed by atoms with Crippen molar-refractivity contribution in [2.45, 2.75) is 33.1 Å². The molecule has 26 heavy (non-hydrogen) atoms. The topological polar surface area (TPSA) is 60.9 Å². The quantitative estimate of drug-likeness (QED) is 0.567. The highest BCUT2D eigenvalue weighted by Gasteiger charge is 2.18. The van der Waals surface area contributed by atoms with E-state index >= 15 is 0 Å². The zero-order valence-corrected chi connectivity index (χ0v) is 15.5. The van der Waals surface area contributed by atoms with E-state index in [-0.39, 0.29) is 5.92 Å². The fourth-order valence-electron chi connectivity index (χ4n) is 3.28. The second-order valence-electron chi connectivity index (χ2n) is 6.81. The van der Waals surface area contributed by atoms with Crippen LogP contribution in [0.1, 0.15) is 35.9 Å². The van der Waals surface area contributed by atoms with Crippen molar-refractivity contribution in [3.8, 4) is 11.3 Å². The van der Waals surface area contributed by atoms with Gasteiger partial charge in [0, 0.05) is 37.3 Å². The maximum atomic E-state index is 4.85. The molecule has 0 fully saturated rings. The summed E-state index contributed by atoms with van der Waals surface area (Å²) in [4.78, 5) is 13.9. The summed E-state index contributed by atoms with van der Waals surface area (Å²) in [5, 5.41) is 4.66. The Labute approximate surface area is 152 Å². The molecule has 0 aliphatic rings. The second-order valence-corrected chi connectivity index (χ2v) is 6.81. The van der Waals surface area contributed by atoms with Crippen LogP contribution in [0.2, 0.25) is 0 Å². The molecule has 3 heterocycles. The molecule has 6 heteroatoms. The lowest BCUT2D eigenvalue weighted by molar-refractivity contribution is 0.636. The van der Waals surface area contributed by atoms with Crippen LogP contribution in [-0.2, 0) is 13.5 Å². The summed E-state index contributed by atoms with van der Waals surface area (Å²) in [7, 11) is 2.04. The van der Waals surface area contributed by atoms with Gasteiger partial charge in [-0.15, -0.1) is 0 Å². The van der Waals surface area contributed by atoms with Gasteiger partial charge in [-0.2, -0.15) is 5.10 Å². The summed E-state index contributed by atoms with van der Waals surface area (Å²) in [6.07, 6.45) is 4.64. The molecule has 0 bridgehead atoms. The Balaban J connectivity index is 1.63. The molecule has 4 aromatic rings. The zero-order valence-electron chi connectivity index (χ0n) is 15.5. The third-order valence-electron chi connectivity index (χ3n) is 4.67. The molecule has 0 spiro atoms. The van der Waals surface area contributed by atoms with Crippen LogP contribution in [-0.4, -0.2) is 29.1 Å². The van der Waals surface area contributed by atoms with Crippen molar-refractivity contribution >= 4 is 5.65 Å². The predicted molar refractivity (Wildman–Crippen MR) is 101 cm³/mol. The number of aromatic nitrogens is 6. The number of imidazole rings is 1. The first-order valence-electron chi connectivity index (χ1n) is 8.79. The first kappa shape index (κ1) is 16.4. The van der Waals surface area contributed by atoms with Gasteiger partial charge in [-0.3, -0.25) is 4.98 Å². The van der Waals surface area contributed by atoms with Gasteiger partial charge in [-0.25, -0.2) is 14.5 Å². The third kappa shape index (κ3) is 2.87. The summed E-state index contributed by atoms with van der Waals surface area (Å²) in [6.45, 7) is 6.12. The molecular formula is C20H22N6. The highest BCUT2D eigenvalue weighted by atomic mass is 15.3. The number of rotatable bonds is 4. The SMILES string of the molecule is Cc1ncc(C)n2nc(C[C@H](C)c3nc(-c4ccccc4)cn3C)nc12. The summed E-state index contributed by atoms with van der Waals surface area (Å²) < 4.78 is 3.97. The molecule has 0 N–H and O–H groups in total. The van der Waals surface area contributed by atoms with Crippen molar-refractivity contribution < 1.29 is 0 Å². The zero-order chi connectivity index (χ0) is 18.3. The third-order valence-corrected chi connectivity index (χ3v) is 4.67. The van der Waals surface area contributed by atoms with E-state index in [1.165, 1.54) is 0 Å². The first-order chi connectivity index (χ1) is 12.5. The molecule has 4 rings (SSSR count). The molecule has 0 aliphatic heterocycles. The molecule has 1 atom stereocenters. The fraction of sp³-hybridized carbons (Fsp3) is 0.300. The molecule has 0 radical (unpaired) electrons. The average molecular weight is 346 g/mol. The van der Waals surface area contributed by atoms with E-state index in [2.05, 4.69) is 44.9 Å². The van der Waals surface area contributed by atoms with Crippen molar-refractivity contribution in [2.24, 2.45) is 7.05 Å². The van der Waals surface area contributed by atoms with Crippen LogP contribution in [0.3, 0.4) is 0 Å². The largest absolute Gasteiger partial charge is 0.337 e. The van der Waals surface area contributed by atoms with Gasteiger partial charge in [0.25, 0.3) is 0 Å². The molecule has 3 aromatic heterocycles. The average Bonchev–Trinajstić information content (AvgIpc) is 3.23. The van der Waals surface area contributed by atoms with E-state index < -0.39 is 0 Å². The van der Waals surface area contributed by atoms with Crippen LogP contribution >= 0.6 is 0 Å². The Morgan fingerprint density at radius 3 is 2.58 bits per heavy atom. The normalized spacial score (nSPS) is 12.6. The molecule has 0 saturated carbocycles.